The molecule has 2 heterocycles. The summed E-state index contributed by atoms with van der Waals surface area (Å²) in [6.07, 6.45) is 3.37. The molecule has 0 atom stereocenters. The normalized spacial score (nSPS) is 10.9. The van der Waals surface area contributed by atoms with Gasteiger partial charge in [0, 0.05) is 6.20 Å². The van der Waals surface area contributed by atoms with Gasteiger partial charge in [-0.1, -0.05) is 35.6 Å². The number of nitrogens with zero attached hydrogens (tertiary/aromatic N) is 3. The van der Waals surface area contributed by atoms with Gasteiger partial charge in [-0.3, -0.25) is 9.69 Å². The quantitative estimate of drug-likeness (QED) is 0.509. The van der Waals surface area contributed by atoms with Crippen molar-refractivity contribution in [3.8, 4) is 5.75 Å². The molecule has 0 fully saturated rings. The number of halogens is 1. The standard InChI is InChI=1S/C20H17FN4O2S/c21-16-7-4-8-17-19(16)24-20(28-17)25(12-14-11-22-13-23-14)18(26)9-10-27-15-5-2-1-3-6-15/h1-8,11,13H,9-10,12H2,(H,22,23). The molecule has 0 aliphatic rings. The number of ether oxygens (including phenoxy) is 1. The lowest BCUT2D eigenvalue weighted by Crippen LogP contribution is -2.31. The highest BCUT2D eigenvalue weighted by Gasteiger charge is 2.21. The van der Waals surface area contributed by atoms with Gasteiger partial charge in [0.15, 0.2) is 5.13 Å². The molecule has 6 nitrogen and oxygen atoms in total. The average Bonchev–Trinajstić information content (AvgIpc) is 3.37. The van der Waals surface area contributed by atoms with E-state index in [0.29, 0.717) is 15.6 Å². The number of aromatic nitrogens is 3. The molecule has 28 heavy (non-hydrogen) atoms. The lowest BCUT2D eigenvalue weighted by atomic mass is 10.3. The van der Waals surface area contributed by atoms with Gasteiger partial charge in [0.1, 0.15) is 17.1 Å². The van der Waals surface area contributed by atoms with Crippen LogP contribution in [0.25, 0.3) is 10.2 Å². The highest BCUT2D eigenvalue weighted by molar-refractivity contribution is 7.22. The first-order valence-corrected chi connectivity index (χ1v) is 9.53. The van der Waals surface area contributed by atoms with Crippen LogP contribution in [0.5, 0.6) is 5.75 Å². The number of hydrogen-bond acceptors (Lipinski definition) is 5. The van der Waals surface area contributed by atoms with Crippen LogP contribution in [0.2, 0.25) is 0 Å². The third-order valence-electron chi connectivity index (χ3n) is 4.10. The zero-order valence-electron chi connectivity index (χ0n) is 14.8. The molecule has 0 aliphatic heterocycles. The number of amides is 1. The summed E-state index contributed by atoms with van der Waals surface area (Å²) in [5, 5.41) is 0.444. The Labute approximate surface area is 164 Å². The van der Waals surface area contributed by atoms with Gasteiger partial charge in [-0.15, -0.1) is 0 Å². The fourth-order valence-electron chi connectivity index (χ4n) is 2.73. The summed E-state index contributed by atoms with van der Waals surface area (Å²) in [6.45, 7) is 0.507. The summed E-state index contributed by atoms with van der Waals surface area (Å²) < 4.78 is 20.4. The third-order valence-corrected chi connectivity index (χ3v) is 5.15. The number of anilines is 1. The first-order chi connectivity index (χ1) is 13.7. The highest BCUT2D eigenvalue weighted by Crippen LogP contribution is 2.31. The lowest BCUT2D eigenvalue weighted by Gasteiger charge is -2.19. The number of fused-ring (bicyclic) bond motifs is 1. The predicted octanol–water partition coefficient (Wildman–Crippen LogP) is 4.16. The number of rotatable bonds is 7. The molecule has 2 aromatic carbocycles. The molecule has 0 spiro atoms. The van der Waals surface area contributed by atoms with Crippen molar-refractivity contribution < 1.29 is 13.9 Å². The van der Waals surface area contributed by atoms with Crippen LogP contribution in [0.15, 0.2) is 61.1 Å². The van der Waals surface area contributed by atoms with Crippen molar-refractivity contribution in [2.45, 2.75) is 13.0 Å². The van der Waals surface area contributed by atoms with E-state index in [1.807, 2.05) is 30.3 Å². The Kier molecular flexibility index (Phi) is 5.29. The topological polar surface area (TPSA) is 71.1 Å². The van der Waals surface area contributed by atoms with E-state index in [-0.39, 0.29) is 31.0 Å². The molecule has 0 saturated carbocycles. The molecule has 0 saturated heterocycles. The zero-order valence-corrected chi connectivity index (χ0v) is 15.7. The molecular formula is C20H17FN4O2S. The second-order valence-electron chi connectivity index (χ2n) is 6.05. The van der Waals surface area contributed by atoms with Crippen molar-refractivity contribution >= 4 is 32.6 Å². The van der Waals surface area contributed by atoms with Crippen molar-refractivity contribution in [3.05, 3.63) is 72.6 Å². The molecule has 0 radical (unpaired) electrons. The van der Waals surface area contributed by atoms with Gasteiger partial charge in [-0.2, -0.15) is 0 Å². The number of carbonyl (C=O) groups excluding carboxylic acids is 1. The van der Waals surface area contributed by atoms with Crippen LogP contribution < -0.4 is 9.64 Å². The monoisotopic (exact) mass is 396 g/mol. The van der Waals surface area contributed by atoms with E-state index in [2.05, 4.69) is 15.0 Å². The molecular weight excluding hydrogens is 379 g/mol. The number of hydrogen-bond donors (Lipinski definition) is 1. The van der Waals surface area contributed by atoms with E-state index >= 15 is 0 Å². The molecule has 0 unspecified atom stereocenters. The average molecular weight is 396 g/mol. The largest absolute Gasteiger partial charge is 0.493 e. The Morgan fingerprint density at radius 3 is 2.79 bits per heavy atom. The second kappa shape index (κ2) is 8.18. The number of thiazole rings is 1. The molecule has 2 aromatic heterocycles. The summed E-state index contributed by atoms with van der Waals surface area (Å²) in [5.74, 6) is 0.142. The number of imidazole rings is 1. The van der Waals surface area contributed by atoms with Crippen molar-refractivity contribution in [2.75, 3.05) is 11.5 Å². The zero-order chi connectivity index (χ0) is 19.3. The van der Waals surface area contributed by atoms with Crippen molar-refractivity contribution in [2.24, 2.45) is 0 Å². The molecule has 1 amide bonds. The van der Waals surface area contributed by atoms with Crippen molar-refractivity contribution in [1.29, 1.82) is 0 Å². The van der Waals surface area contributed by atoms with Gasteiger partial charge in [0.2, 0.25) is 5.91 Å². The van der Waals surface area contributed by atoms with E-state index in [1.165, 1.54) is 22.3 Å². The fraction of sp³-hybridized carbons (Fsp3) is 0.150. The van der Waals surface area contributed by atoms with E-state index in [1.54, 1.807) is 24.7 Å². The second-order valence-corrected chi connectivity index (χ2v) is 7.06. The predicted molar refractivity (Wildman–Crippen MR) is 106 cm³/mol. The van der Waals surface area contributed by atoms with Gasteiger partial charge in [-0.05, 0) is 24.3 Å². The van der Waals surface area contributed by atoms with Crippen LogP contribution in [0.1, 0.15) is 12.1 Å². The number of para-hydroxylation sites is 2. The van der Waals surface area contributed by atoms with Crippen LogP contribution >= 0.6 is 11.3 Å². The first kappa shape index (κ1) is 18.1. The van der Waals surface area contributed by atoms with Crippen LogP contribution in [0, 0.1) is 5.82 Å². The van der Waals surface area contributed by atoms with Crippen LogP contribution in [0.4, 0.5) is 9.52 Å². The number of aromatic amines is 1. The molecule has 4 rings (SSSR count). The number of benzene rings is 2. The Morgan fingerprint density at radius 1 is 1.18 bits per heavy atom. The smallest absolute Gasteiger partial charge is 0.232 e. The molecule has 0 aliphatic carbocycles. The van der Waals surface area contributed by atoms with Gasteiger partial charge in [0.05, 0.1) is 36.3 Å². The number of carbonyl (C=O) groups is 1. The SMILES string of the molecule is O=C(CCOc1ccccc1)N(Cc1cnc[nH]1)c1nc2c(F)cccc2s1. The van der Waals surface area contributed by atoms with E-state index in [9.17, 15) is 9.18 Å². The maximum absolute atomic E-state index is 14.0. The van der Waals surface area contributed by atoms with E-state index in [4.69, 9.17) is 4.74 Å². The highest BCUT2D eigenvalue weighted by atomic mass is 32.1. The number of H-pyrrole nitrogens is 1. The minimum atomic E-state index is -0.402. The summed E-state index contributed by atoms with van der Waals surface area (Å²) in [5.41, 5.74) is 1.03. The Balaban J connectivity index is 1.54. The Bertz CT molecular complexity index is 1070. The van der Waals surface area contributed by atoms with Crippen LogP contribution in [0.3, 0.4) is 0 Å². The lowest BCUT2D eigenvalue weighted by molar-refractivity contribution is -0.119. The maximum Gasteiger partial charge on any atom is 0.232 e. The minimum Gasteiger partial charge on any atom is -0.493 e. The molecule has 142 valence electrons. The summed E-state index contributed by atoms with van der Waals surface area (Å²) in [6, 6.07) is 14.1. The van der Waals surface area contributed by atoms with E-state index in [0.717, 1.165) is 5.69 Å². The molecule has 0 bridgehead atoms. The minimum absolute atomic E-state index is 0.162. The van der Waals surface area contributed by atoms with Crippen molar-refractivity contribution in [3.63, 3.8) is 0 Å². The fourth-order valence-corrected chi connectivity index (χ4v) is 3.73. The Morgan fingerprint density at radius 2 is 2.04 bits per heavy atom. The first-order valence-electron chi connectivity index (χ1n) is 8.71. The molecule has 1 N–H and O–H groups in total. The molecule has 4 aromatic rings. The van der Waals surface area contributed by atoms with Gasteiger partial charge < -0.3 is 9.72 Å². The Hall–Kier alpha value is -3.26. The maximum atomic E-state index is 14.0. The van der Waals surface area contributed by atoms with Crippen LogP contribution in [-0.4, -0.2) is 27.5 Å². The van der Waals surface area contributed by atoms with Crippen LogP contribution in [-0.2, 0) is 11.3 Å². The number of nitrogens with one attached hydrogen (secondary N) is 1. The van der Waals surface area contributed by atoms with Gasteiger partial charge in [0.25, 0.3) is 0 Å². The summed E-state index contributed by atoms with van der Waals surface area (Å²) in [4.78, 5) is 25.8. The summed E-state index contributed by atoms with van der Waals surface area (Å²) in [7, 11) is 0. The van der Waals surface area contributed by atoms with E-state index < -0.39 is 5.82 Å². The molecule has 8 heteroatoms. The van der Waals surface area contributed by atoms with Gasteiger partial charge >= 0.3 is 0 Å². The van der Waals surface area contributed by atoms with Crippen molar-refractivity contribution in [1.82, 2.24) is 15.0 Å². The third kappa shape index (κ3) is 4.01. The van der Waals surface area contributed by atoms with Gasteiger partial charge in [-0.25, -0.2) is 14.4 Å². The summed E-state index contributed by atoms with van der Waals surface area (Å²) >= 11 is 1.28.